The summed E-state index contributed by atoms with van der Waals surface area (Å²) in [5.74, 6) is -3.49. The van der Waals surface area contributed by atoms with E-state index in [0.717, 1.165) is 17.2 Å². The summed E-state index contributed by atoms with van der Waals surface area (Å²) in [6.45, 7) is 0.0114. The molecular weight excluding hydrogens is 465 g/mol. The number of H-pyrrole nitrogens is 1. The minimum atomic E-state index is -5.18. The third-order valence-electron chi connectivity index (χ3n) is 4.70. The molecule has 0 aliphatic carbocycles. The number of aromatic nitrogens is 1. The molecule has 0 atom stereocenters. The van der Waals surface area contributed by atoms with E-state index in [4.69, 9.17) is 11.1 Å². The quantitative estimate of drug-likeness (QED) is 0.177. The molecule has 0 radical (unpaired) electrons. The first-order valence-electron chi connectivity index (χ1n) is 10.1. The van der Waals surface area contributed by atoms with Crippen LogP contribution < -0.4 is 21.3 Å². The Kier molecular flexibility index (Phi) is 7.49. The summed E-state index contributed by atoms with van der Waals surface area (Å²) in [6.07, 6.45) is -0.840. The SMILES string of the molecule is N=C(N)c1ccc(OC(=O)C(F)(F)F)c(C=CCNC(=O)c2ccc(-c3ccc(=O)[nH]c3)cc2)c1. The fourth-order valence-corrected chi connectivity index (χ4v) is 2.94. The standard InChI is InChI=1S/C24H19F3N4O4/c25-24(26,27)23(34)35-19-9-7-17(21(28)29)12-16(19)2-1-11-30-22(33)15-5-3-14(4-6-15)18-8-10-20(32)31-13-18/h1-10,12-13H,11H2,(H3,28,29)(H,30,33)(H,31,32). The van der Waals surface area contributed by atoms with Gasteiger partial charge in [-0.15, -0.1) is 0 Å². The number of ether oxygens (including phenoxy) is 1. The van der Waals surface area contributed by atoms with Crippen LogP contribution in [0.25, 0.3) is 17.2 Å². The Hall–Kier alpha value is -4.67. The van der Waals surface area contributed by atoms with Crippen LogP contribution in [0, 0.1) is 5.41 Å². The monoisotopic (exact) mass is 484 g/mol. The number of esters is 1. The molecule has 1 amide bonds. The highest BCUT2D eigenvalue weighted by molar-refractivity contribution is 5.96. The number of nitrogen functional groups attached to an aromatic ring is 1. The molecule has 0 spiro atoms. The molecule has 5 N–H and O–H groups in total. The first-order valence-corrected chi connectivity index (χ1v) is 10.1. The zero-order valence-electron chi connectivity index (χ0n) is 18.0. The molecule has 0 aliphatic rings. The predicted octanol–water partition coefficient (Wildman–Crippen LogP) is 3.24. The first kappa shape index (κ1) is 25.0. The zero-order valence-corrected chi connectivity index (χ0v) is 18.0. The van der Waals surface area contributed by atoms with Crippen molar-refractivity contribution >= 4 is 23.8 Å². The van der Waals surface area contributed by atoms with Gasteiger partial charge < -0.3 is 20.8 Å². The Morgan fingerprint density at radius 3 is 2.29 bits per heavy atom. The predicted molar refractivity (Wildman–Crippen MR) is 123 cm³/mol. The van der Waals surface area contributed by atoms with Crippen molar-refractivity contribution in [1.29, 1.82) is 5.41 Å². The number of hydrogen-bond donors (Lipinski definition) is 4. The van der Waals surface area contributed by atoms with Crippen molar-refractivity contribution < 1.29 is 27.5 Å². The highest BCUT2D eigenvalue weighted by Crippen LogP contribution is 2.25. The smallest absolute Gasteiger partial charge is 0.419 e. The summed E-state index contributed by atoms with van der Waals surface area (Å²) < 4.78 is 42.1. The van der Waals surface area contributed by atoms with Crippen molar-refractivity contribution in [2.45, 2.75) is 6.18 Å². The van der Waals surface area contributed by atoms with E-state index in [9.17, 15) is 27.6 Å². The normalized spacial score (nSPS) is 11.3. The topological polar surface area (TPSA) is 138 Å². The number of benzene rings is 2. The van der Waals surface area contributed by atoms with E-state index in [2.05, 4.69) is 15.0 Å². The summed E-state index contributed by atoms with van der Waals surface area (Å²) in [6, 6.07) is 13.3. The summed E-state index contributed by atoms with van der Waals surface area (Å²) in [5, 5.41) is 10.1. The van der Waals surface area contributed by atoms with Crippen LogP contribution in [0.5, 0.6) is 5.75 Å². The molecule has 1 heterocycles. The third kappa shape index (κ3) is 6.67. The van der Waals surface area contributed by atoms with Gasteiger partial charge in [0.1, 0.15) is 11.6 Å². The van der Waals surface area contributed by atoms with Gasteiger partial charge in [-0.25, -0.2) is 4.79 Å². The molecule has 11 heteroatoms. The van der Waals surface area contributed by atoms with Crippen molar-refractivity contribution in [3.8, 4) is 16.9 Å². The molecular formula is C24H19F3N4O4. The van der Waals surface area contributed by atoms with Crippen LogP contribution in [0.3, 0.4) is 0 Å². The van der Waals surface area contributed by atoms with Crippen molar-refractivity contribution in [2.24, 2.45) is 5.73 Å². The number of hydrogen-bond acceptors (Lipinski definition) is 5. The zero-order chi connectivity index (χ0) is 25.6. The van der Waals surface area contributed by atoms with Crippen molar-refractivity contribution in [2.75, 3.05) is 6.54 Å². The summed E-state index contributed by atoms with van der Waals surface area (Å²) in [4.78, 5) is 37.3. The van der Waals surface area contributed by atoms with E-state index in [1.807, 2.05) is 0 Å². The second-order valence-electron chi connectivity index (χ2n) is 7.18. The Balaban J connectivity index is 1.67. The van der Waals surface area contributed by atoms with Gasteiger partial charge in [0.15, 0.2) is 0 Å². The number of aromatic amines is 1. The summed E-state index contributed by atoms with van der Waals surface area (Å²) >= 11 is 0. The van der Waals surface area contributed by atoms with Gasteiger partial charge in [0.05, 0.1) is 0 Å². The fraction of sp³-hybridized carbons (Fsp3) is 0.0833. The van der Waals surface area contributed by atoms with Gasteiger partial charge in [-0.3, -0.25) is 15.0 Å². The Labute approximate surface area is 196 Å². The van der Waals surface area contributed by atoms with Crippen LogP contribution in [-0.2, 0) is 4.79 Å². The number of nitrogens with one attached hydrogen (secondary N) is 3. The number of halogens is 3. The molecule has 35 heavy (non-hydrogen) atoms. The number of rotatable bonds is 7. The van der Waals surface area contributed by atoms with E-state index in [1.165, 1.54) is 30.4 Å². The lowest BCUT2D eigenvalue weighted by molar-refractivity contribution is -0.189. The van der Waals surface area contributed by atoms with Gasteiger partial charge in [0.2, 0.25) is 5.56 Å². The number of carbonyl (C=O) groups excluding carboxylic acids is 2. The molecule has 0 saturated heterocycles. The number of carbonyl (C=O) groups is 2. The minimum Gasteiger partial charge on any atom is -0.419 e. The molecule has 1 aromatic heterocycles. The maximum Gasteiger partial charge on any atom is 0.491 e. The van der Waals surface area contributed by atoms with Crippen LogP contribution in [0.15, 0.2) is 71.7 Å². The maximum atomic E-state index is 12.6. The van der Waals surface area contributed by atoms with Crippen molar-refractivity contribution in [3.05, 3.63) is 93.9 Å². The van der Waals surface area contributed by atoms with Crippen LogP contribution in [-0.4, -0.2) is 35.4 Å². The lowest BCUT2D eigenvalue weighted by Gasteiger charge is -2.11. The number of nitrogens with two attached hydrogens (primary N) is 1. The van der Waals surface area contributed by atoms with Gasteiger partial charge in [0, 0.05) is 35.5 Å². The highest BCUT2D eigenvalue weighted by atomic mass is 19.4. The summed E-state index contributed by atoms with van der Waals surface area (Å²) in [5.41, 5.74) is 7.40. The molecule has 8 nitrogen and oxygen atoms in total. The average Bonchev–Trinajstić information content (AvgIpc) is 2.82. The van der Waals surface area contributed by atoms with Gasteiger partial charge in [-0.05, 0) is 47.5 Å². The Morgan fingerprint density at radius 2 is 1.69 bits per heavy atom. The maximum absolute atomic E-state index is 12.6. The minimum absolute atomic E-state index is 0.0114. The molecule has 3 rings (SSSR count). The van der Waals surface area contributed by atoms with E-state index < -0.39 is 18.1 Å². The van der Waals surface area contributed by atoms with Crippen LogP contribution >= 0.6 is 0 Å². The molecule has 0 unspecified atom stereocenters. The van der Waals surface area contributed by atoms with Crippen molar-refractivity contribution in [1.82, 2.24) is 10.3 Å². The number of amidine groups is 1. The third-order valence-corrected chi connectivity index (χ3v) is 4.70. The van der Waals surface area contributed by atoms with Gasteiger partial charge in [-0.1, -0.05) is 24.3 Å². The van der Waals surface area contributed by atoms with Crippen LogP contribution in [0.2, 0.25) is 0 Å². The Morgan fingerprint density at radius 1 is 1.03 bits per heavy atom. The number of alkyl halides is 3. The number of amides is 1. The summed E-state index contributed by atoms with van der Waals surface area (Å²) in [7, 11) is 0. The highest BCUT2D eigenvalue weighted by Gasteiger charge is 2.41. The molecule has 180 valence electrons. The Bertz CT molecular complexity index is 1330. The van der Waals surface area contributed by atoms with E-state index in [1.54, 1.807) is 36.5 Å². The second kappa shape index (κ2) is 10.5. The lowest BCUT2D eigenvalue weighted by atomic mass is 10.1. The van der Waals surface area contributed by atoms with Gasteiger partial charge in [0.25, 0.3) is 5.91 Å². The molecule has 0 bridgehead atoms. The molecule has 2 aromatic carbocycles. The fourth-order valence-electron chi connectivity index (χ4n) is 2.94. The van der Waals surface area contributed by atoms with Crippen LogP contribution in [0.1, 0.15) is 21.5 Å². The van der Waals surface area contributed by atoms with E-state index >= 15 is 0 Å². The molecule has 3 aromatic rings. The lowest BCUT2D eigenvalue weighted by Crippen LogP contribution is -2.28. The second-order valence-corrected chi connectivity index (χ2v) is 7.18. The molecule has 0 saturated carbocycles. The van der Waals surface area contributed by atoms with E-state index in [0.29, 0.717) is 5.56 Å². The van der Waals surface area contributed by atoms with Crippen LogP contribution in [0.4, 0.5) is 13.2 Å². The number of pyridine rings is 1. The van der Waals surface area contributed by atoms with Gasteiger partial charge >= 0.3 is 12.1 Å². The molecule has 0 fully saturated rings. The average molecular weight is 484 g/mol. The largest absolute Gasteiger partial charge is 0.491 e. The van der Waals surface area contributed by atoms with Gasteiger partial charge in [-0.2, -0.15) is 13.2 Å². The molecule has 0 aliphatic heterocycles. The van der Waals surface area contributed by atoms with E-state index in [-0.39, 0.29) is 34.8 Å². The van der Waals surface area contributed by atoms with Crippen molar-refractivity contribution in [3.63, 3.8) is 0 Å². The first-order chi connectivity index (χ1) is 16.5.